The summed E-state index contributed by atoms with van der Waals surface area (Å²) in [6.07, 6.45) is 0. The lowest BCUT2D eigenvalue weighted by molar-refractivity contribution is 0.0600. The van der Waals surface area contributed by atoms with Gasteiger partial charge in [-0.3, -0.25) is 9.10 Å². The lowest BCUT2D eigenvalue weighted by Gasteiger charge is -2.20. The molecule has 11 heteroatoms. The molecule has 1 amide bonds. The predicted octanol–water partition coefficient (Wildman–Crippen LogP) is 4.22. The van der Waals surface area contributed by atoms with E-state index in [0.717, 1.165) is 4.31 Å². The third-order valence-corrected chi connectivity index (χ3v) is 7.25. The fourth-order valence-corrected chi connectivity index (χ4v) is 4.53. The summed E-state index contributed by atoms with van der Waals surface area (Å²) in [4.78, 5) is 24.5. The maximum atomic E-state index is 13.1. The van der Waals surface area contributed by atoms with Gasteiger partial charge in [-0.15, -0.1) is 0 Å². The summed E-state index contributed by atoms with van der Waals surface area (Å²) in [5.41, 5.74) is 1.05. The number of anilines is 2. The highest BCUT2D eigenvalue weighted by molar-refractivity contribution is 7.92. The largest absolute Gasteiger partial charge is 0.493 e. The van der Waals surface area contributed by atoms with Gasteiger partial charge in [0.25, 0.3) is 15.9 Å². The molecule has 0 aliphatic heterocycles. The number of hydrogen-bond acceptors (Lipinski definition) is 7. The number of amides is 1. The Morgan fingerprint density at radius 2 is 1.49 bits per heavy atom. The van der Waals surface area contributed by atoms with Gasteiger partial charge in [0, 0.05) is 18.7 Å². The van der Waals surface area contributed by atoms with Crippen LogP contribution in [-0.4, -0.2) is 48.7 Å². The predicted molar refractivity (Wildman–Crippen MR) is 132 cm³/mol. The molecule has 184 valence electrons. The van der Waals surface area contributed by atoms with Crippen molar-refractivity contribution in [2.45, 2.75) is 4.90 Å². The van der Waals surface area contributed by atoms with Crippen molar-refractivity contribution in [1.29, 1.82) is 0 Å². The van der Waals surface area contributed by atoms with Crippen molar-refractivity contribution in [2.24, 2.45) is 0 Å². The van der Waals surface area contributed by atoms with Crippen LogP contribution in [0.5, 0.6) is 11.5 Å². The molecule has 0 saturated heterocycles. The first kappa shape index (κ1) is 25.9. The molecule has 0 fully saturated rings. The molecule has 0 aromatic heterocycles. The number of methoxy groups -OCH3 is 3. The van der Waals surface area contributed by atoms with E-state index < -0.39 is 21.9 Å². The van der Waals surface area contributed by atoms with Gasteiger partial charge in [0.15, 0.2) is 11.5 Å². The van der Waals surface area contributed by atoms with Crippen molar-refractivity contribution in [3.8, 4) is 11.5 Å². The number of halogens is 1. The van der Waals surface area contributed by atoms with Crippen molar-refractivity contribution < 1.29 is 32.2 Å². The third kappa shape index (κ3) is 5.50. The van der Waals surface area contributed by atoms with Crippen LogP contribution in [0.15, 0.2) is 65.6 Å². The van der Waals surface area contributed by atoms with Gasteiger partial charge >= 0.3 is 5.97 Å². The number of ether oxygens (including phenoxy) is 3. The normalized spacial score (nSPS) is 10.9. The maximum Gasteiger partial charge on any atom is 0.337 e. The van der Waals surface area contributed by atoms with Crippen LogP contribution in [0, 0.1) is 0 Å². The smallest absolute Gasteiger partial charge is 0.337 e. The van der Waals surface area contributed by atoms with Crippen molar-refractivity contribution in [3.63, 3.8) is 0 Å². The first-order valence-corrected chi connectivity index (χ1v) is 11.9. The van der Waals surface area contributed by atoms with E-state index in [0.29, 0.717) is 11.4 Å². The van der Waals surface area contributed by atoms with Crippen LogP contribution in [0.1, 0.15) is 20.7 Å². The summed E-state index contributed by atoms with van der Waals surface area (Å²) in [6, 6.07) is 14.6. The van der Waals surface area contributed by atoms with Crippen molar-refractivity contribution in [1.82, 2.24) is 0 Å². The Morgan fingerprint density at radius 1 is 0.857 bits per heavy atom. The molecule has 9 nitrogen and oxygen atoms in total. The minimum absolute atomic E-state index is 0.0135. The van der Waals surface area contributed by atoms with E-state index in [2.05, 4.69) is 10.1 Å². The molecule has 0 atom stereocenters. The SMILES string of the molecule is COC(=O)c1ccc(Cl)c(NC(=O)c2ccc(N(C)S(=O)(=O)c3ccc(OC)c(OC)c3)cc2)c1. The Bertz CT molecular complexity index is 1360. The molecule has 0 heterocycles. The standard InChI is InChI=1S/C24H23ClN2O7S/c1-27(35(30,31)18-10-12-21(32-2)22(14-18)33-3)17-8-5-15(6-9-17)23(28)26-20-13-16(24(29)34-4)7-11-19(20)25/h5-14H,1-4H3,(H,26,28). The first-order valence-electron chi connectivity index (χ1n) is 10.1. The third-order valence-electron chi connectivity index (χ3n) is 5.14. The zero-order valence-corrected chi connectivity index (χ0v) is 20.9. The van der Waals surface area contributed by atoms with Gasteiger partial charge in [0.2, 0.25) is 0 Å². The van der Waals surface area contributed by atoms with E-state index in [1.54, 1.807) is 0 Å². The fraction of sp³-hybridized carbons (Fsp3) is 0.167. The second-order valence-electron chi connectivity index (χ2n) is 7.18. The van der Waals surface area contributed by atoms with Crippen LogP contribution in [0.3, 0.4) is 0 Å². The average molecular weight is 519 g/mol. The minimum atomic E-state index is -3.92. The molecule has 0 aliphatic rings. The highest BCUT2D eigenvalue weighted by Crippen LogP contribution is 2.32. The van der Waals surface area contributed by atoms with Crippen LogP contribution < -0.4 is 19.1 Å². The lowest BCUT2D eigenvalue weighted by Crippen LogP contribution is -2.26. The number of rotatable bonds is 8. The summed E-state index contributed by atoms with van der Waals surface area (Å²) in [5, 5.41) is 2.88. The molecule has 35 heavy (non-hydrogen) atoms. The second kappa shape index (κ2) is 10.7. The summed E-state index contributed by atoms with van der Waals surface area (Å²) in [6.45, 7) is 0. The van der Waals surface area contributed by atoms with E-state index in [9.17, 15) is 18.0 Å². The number of hydrogen-bond donors (Lipinski definition) is 1. The molecule has 1 N–H and O–H groups in total. The van der Waals surface area contributed by atoms with Gasteiger partial charge < -0.3 is 19.5 Å². The van der Waals surface area contributed by atoms with E-state index in [1.807, 2.05) is 0 Å². The van der Waals surface area contributed by atoms with Crippen LogP contribution in [-0.2, 0) is 14.8 Å². The highest BCUT2D eigenvalue weighted by atomic mass is 35.5. The molecule has 0 spiro atoms. The minimum Gasteiger partial charge on any atom is -0.493 e. The summed E-state index contributed by atoms with van der Waals surface area (Å²) >= 11 is 6.13. The number of esters is 1. The molecule has 0 unspecified atom stereocenters. The monoisotopic (exact) mass is 518 g/mol. The van der Waals surface area contributed by atoms with Gasteiger partial charge in [0.1, 0.15) is 0 Å². The number of nitrogens with one attached hydrogen (secondary N) is 1. The summed E-state index contributed by atoms with van der Waals surface area (Å²) in [7, 11) is 1.61. The topological polar surface area (TPSA) is 111 Å². The van der Waals surface area contributed by atoms with Crippen LogP contribution in [0.4, 0.5) is 11.4 Å². The van der Waals surface area contributed by atoms with Gasteiger partial charge in [-0.05, 0) is 54.6 Å². The van der Waals surface area contributed by atoms with E-state index >= 15 is 0 Å². The van der Waals surface area contributed by atoms with Gasteiger partial charge in [0.05, 0.1) is 48.2 Å². The van der Waals surface area contributed by atoms with Crippen molar-refractivity contribution in [2.75, 3.05) is 38.0 Å². The quantitative estimate of drug-likeness (QED) is 0.444. The van der Waals surface area contributed by atoms with Gasteiger partial charge in [-0.2, -0.15) is 0 Å². The van der Waals surface area contributed by atoms with Crippen LogP contribution in [0.25, 0.3) is 0 Å². The number of benzene rings is 3. The Balaban J connectivity index is 1.81. The molecule has 3 rings (SSSR count). The molecule has 0 aliphatic carbocycles. The molecule has 0 bridgehead atoms. The van der Waals surface area contributed by atoms with Crippen LogP contribution >= 0.6 is 11.6 Å². The zero-order valence-electron chi connectivity index (χ0n) is 19.4. The zero-order chi connectivity index (χ0) is 25.8. The average Bonchev–Trinajstić information content (AvgIpc) is 2.88. The number of sulfonamides is 1. The van der Waals surface area contributed by atoms with E-state index in [4.69, 9.17) is 21.1 Å². The Hall–Kier alpha value is -3.76. The molecule has 0 radical (unpaired) electrons. The molecule has 0 saturated carbocycles. The Morgan fingerprint density at radius 3 is 2.09 bits per heavy atom. The Kier molecular flexibility index (Phi) is 7.88. The highest BCUT2D eigenvalue weighted by Gasteiger charge is 2.23. The summed E-state index contributed by atoms with van der Waals surface area (Å²) < 4.78 is 42.3. The van der Waals surface area contributed by atoms with Gasteiger partial charge in [-0.25, -0.2) is 13.2 Å². The fourth-order valence-electron chi connectivity index (χ4n) is 3.16. The summed E-state index contributed by atoms with van der Waals surface area (Å²) in [5.74, 6) is -0.378. The number of carbonyl (C=O) groups is 2. The molecular formula is C24H23ClN2O7S. The van der Waals surface area contributed by atoms with E-state index in [1.165, 1.54) is 89.0 Å². The van der Waals surface area contributed by atoms with Crippen molar-refractivity contribution >= 4 is 44.9 Å². The van der Waals surface area contributed by atoms with Gasteiger partial charge in [-0.1, -0.05) is 11.6 Å². The molecular weight excluding hydrogens is 496 g/mol. The molecule has 3 aromatic carbocycles. The maximum absolute atomic E-state index is 13.1. The van der Waals surface area contributed by atoms with Crippen molar-refractivity contribution in [3.05, 3.63) is 76.8 Å². The van der Waals surface area contributed by atoms with Crippen LogP contribution in [0.2, 0.25) is 5.02 Å². The first-order chi connectivity index (χ1) is 16.6. The lowest BCUT2D eigenvalue weighted by atomic mass is 10.1. The van der Waals surface area contributed by atoms with E-state index in [-0.39, 0.29) is 32.5 Å². The number of carbonyl (C=O) groups excluding carboxylic acids is 2. The Labute approximate surface area is 208 Å². The second-order valence-corrected chi connectivity index (χ2v) is 9.55. The molecule has 3 aromatic rings. The number of nitrogens with zero attached hydrogens (tertiary/aromatic N) is 1.